The first-order valence-electron chi connectivity index (χ1n) is 5.95. The predicted octanol–water partition coefficient (Wildman–Crippen LogP) is 0.906. The van der Waals surface area contributed by atoms with Crippen LogP contribution in [0, 0.1) is 6.92 Å². The second-order valence-corrected chi connectivity index (χ2v) is 4.07. The Morgan fingerprint density at radius 3 is 2.63 bits per heavy atom. The van der Waals surface area contributed by atoms with Crippen LogP contribution in [0.15, 0.2) is 35.1 Å². The fourth-order valence-corrected chi connectivity index (χ4v) is 1.77. The largest absolute Gasteiger partial charge is 0.464 e. The molecule has 0 saturated heterocycles. The van der Waals surface area contributed by atoms with Crippen molar-refractivity contribution in [2.45, 2.75) is 20.4 Å². The molecule has 0 amide bonds. The fourth-order valence-electron chi connectivity index (χ4n) is 1.77. The standard InChI is InChI=1S/C13H15N3O3/c1-10-14-16(12-6-4-3-5-7-12)13(18)15(10)8-9-19-11(2)17/h3-7H,8-9H2,1-2H3. The molecule has 2 rings (SSSR count). The highest BCUT2D eigenvalue weighted by molar-refractivity contribution is 5.65. The van der Waals surface area contributed by atoms with Crippen molar-refractivity contribution in [1.82, 2.24) is 14.3 Å². The second kappa shape index (κ2) is 5.51. The van der Waals surface area contributed by atoms with Gasteiger partial charge < -0.3 is 4.74 Å². The molecule has 0 aliphatic carbocycles. The van der Waals surface area contributed by atoms with Crippen LogP contribution in [-0.2, 0) is 16.1 Å². The zero-order valence-corrected chi connectivity index (χ0v) is 10.9. The van der Waals surface area contributed by atoms with Crippen molar-refractivity contribution in [3.8, 4) is 5.69 Å². The Balaban J connectivity index is 2.25. The lowest BCUT2D eigenvalue weighted by molar-refractivity contribution is -0.141. The van der Waals surface area contributed by atoms with Crippen LogP contribution in [0.5, 0.6) is 0 Å². The third-order valence-electron chi connectivity index (χ3n) is 2.67. The lowest BCUT2D eigenvalue weighted by atomic mass is 10.3. The van der Waals surface area contributed by atoms with E-state index in [1.807, 2.05) is 30.3 Å². The number of benzene rings is 1. The highest BCUT2D eigenvalue weighted by atomic mass is 16.5. The number of rotatable bonds is 4. The fraction of sp³-hybridized carbons (Fsp3) is 0.308. The van der Waals surface area contributed by atoms with Crippen LogP contribution in [-0.4, -0.2) is 26.9 Å². The van der Waals surface area contributed by atoms with E-state index in [0.717, 1.165) is 0 Å². The van der Waals surface area contributed by atoms with E-state index in [1.54, 1.807) is 6.92 Å². The molecule has 2 aromatic rings. The molecule has 6 nitrogen and oxygen atoms in total. The number of hydrogen-bond acceptors (Lipinski definition) is 4. The predicted molar refractivity (Wildman–Crippen MR) is 69.2 cm³/mol. The second-order valence-electron chi connectivity index (χ2n) is 4.07. The lowest BCUT2D eigenvalue weighted by Gasteiger charge is -2.02. The van der Waals surface area contributed by atoms with Gasteiger partial charge in [0.1, 0.15) is 12.4 Å². The molecule has 0 N–H and O–H groups in total. The Morgan fingerprint density at radius 2 is 2.00 bits per heavy atom. The molecule has 1 heterocycles. The van der Waals surface area contributed by atoms with Crippen molar-refractivity contribution in [1.29, 1.82) is 0 Å². The van der Waals surface area contributed by atoms with Crippen molar-refractivity contribution >= 4 is 5.97 Å². The van der Waals surface area contributed by atoms with Gasteiger partial charge in [0, 0.05) is 6.92 Å². The summed E-state index contributed by atoms with van der Waals surface area (Å²) in [6.45, 7) is 3.55. The highest BCUT2D eigenvalue weighted by Gasteiger charge is 2.11. The molecular weight excluding hydrogens is 246 g/mol. The number of aryl methyl sites for hydroxylation is 1. The van der Waals surface area contributed by atoms with Crippen LogP contribution in [0.1, 0.15) is 12.7 Å². The van der Waals surface area contributed by atoms with Crippen molar-refractivity contribution in [3.05, 3.63) is 46.6 Å². The van der Waals surface area contributed by atoms with E-state index in [4.69, 9.17) is 4.74 Å². The molecule has 19 heavy (non-hydrogen) atoms. The molecule has 0 unspecified atom stereocenters. The van der Waals surface area contributed by atoms with Gasteiger partial charge in [0.15, 0.2) is 0 Å². The van der Waals surface area contributed by atoms with E-state index in [0.29, 0.717) is 18.1 Å². The van der Waals surface area contributed by atoms with Gasteiger partial charge in [0.05, 0.1) is 12.2 Å². The molecule has 0 radical (unpaired) electrons. The maximum absolute atomic E-state index is 12.2. The van der Waals surface area contributed by atoms with Crippen molar-refractivity contribution in [3.63, 3.8) is 0 Å². The Labute approximate surface area is 110 Å². The van der Waals surface area contributed by atoms with E-state index in [-0.39, 0.29) is 18.3 Å². The number of carbonyl (C=O) groups excluding carboxylic acids is 1. The molecule has 0 aliphatic heterocycles. The van der Waals surface area contributed by atoms with Crippen molar-refractivity contribution < 1.29 is 9.53 Å². The molecule has 0 aliphatic rings. The van der Waals surface area contributed by atoms with Gasteiger partial charge in [-0.15, -0.1) is 0 Å². The smallest absolute Gasteiger partial charge is 0.350 e. The number of hydrogen-bond donors (Lipinski definition) is 0. The van der Waals surface area contributed by atoms with Crippen LogP contribution in [0.4, 0.5) is 0 Å². The average molecular weight is 261 g/mol. The van der Waals surface area contributed by atoms with Gasteiger partial charge in [-0.2, -0.15) is 9.78 Å². The summed E-state index contributed by atoms with van der Waals surface area (Å²) in [5, 5.41) is 4.20. The van der Waals surface area contributed by atoms with Gasteiger partial charge in [0.25, 0.3) is 0 Å². The number of esters is 1. The average Bonchev–Trinajstić information content (AvgIpc) is 2.67. The zero-order valence-electron chi connectivity index (χ0n) is 10.9. The summed E-state index contributed by atoms with van der Waals surface area (Å²) >= 11 is 0. The van der Waals surface area contributed by atoms with Crippen LogP contribution in [0.25, 0.3) is 5.69 Å². The number of aromatic nitrogens is 3. The molecule has 0 fully saturated rings. The van der Waals surface area contributed by atoms with Crippen LogP contribution in [0.3, 0.4) is 0 Å². The van der Waals surface area contributed by atoms with Gasteiger partial charge >= 0.3 is 11.7 Å². The minimum atomic E-state index is -0.360. The van der Waals surface area contributed by atoms with Crippen LogP contribution in [0.2, 0.25) is 0 Å². The minimum Gasteiger partial charge on any atom is -0.464 e. The van der Waals surface area contributed by atoms with Gasteiger partial charge in [-0.3, -0.25) is 9.36 Å². The summed E-state index contributed by atoms with van der Waals surface area (Å²) in [5.41, 5.74) is 0.470. The topological polar surface area (TPSA) is 66.1 Å². The maximum atomic E-state index is 12.2. The third kappa shape index (κ3) is 2.90. The maximum Gasteiger partial charge on any atom is 0.350 e. The molecule has 0 spiro atoms. The van der Waals surface area contributed by atoms with E-state index >= 15 is 0 Å². The molecule has 1 aromatic carbocycles. The lowest BCUT2D eigenvalue weighted by Crippen LogP contribution is -2.26. The molecule has 100 valence electrons. The molecule has 6 heteroatoms. The number of carbonyl (C=O) groups is 1. The first-order valence-corrected chi connectivity index (χ1v) is 5.95. The summed E-state index contributed by atoms with van der Waals surface area (Å²) in [6, 6.07) is 9.18. The monoisotopic (exact) mass is 261 g/mol. The molecular formula is C13H15N3O3. The molecule has 0 atom stereocenters. The normalized spacial score (nSPS) is 10.4. The van der Waals surface area contributed by atoms with Crippen LogP contribution >= 0.6 is 0 Å². The Morgan fingerprint density at radius 1 is 1.32 bits per heavy atom. The summed E-state index contributed by atoms with van der Waals surface area (Å²) in [7, 11) is 0. The first kappa shape index (κ1) is 13.1. The molecule has 1 aromatic heterocycles. The highest BCUT2D eigenvalue weighted by Crippen LogP contribution is 2.03. The summed E-state index contributed by atoms with van der Waals surface area (Å²) < 4.78 is 7.65. The minimum absolute atomic E-state index is 0.163. The number of ether oxygens (including phenoxy) is 1. The third-order valence-corrected chi connectivity index (χ3v) is 2.67. The summed E-state index contributed by atoms with van der Waals surface area (Å²) in [6.07, 6.45) is 0. The van der Waals surface area contributed by atoms with Gasteiger partial charge in [-0.25, -0.2) is 4.79 Å². The van der Waals surface area contributed by atoms with E-state index in [1.165, 1.54) is 16.2 Å². The van der Waals surface area contributed by atoms with E-state index < -0.39 is 0 Å². The van der Waals surface area contributed by atoms with E-state index in [2.05, 4.69) is 5.10 Å². The van der Waals surface area contributed by atoms with Gasteiger partial charge in [0.2, 0.25) is 0 Å². The summed E-state index contributed by atoms with van der Waals surface area (Å²) in [5.74, 6) is 0.224. The van der Waals surface area contributed by atoms with Gasteiger partial charge in [-0.05, 0) is 19.1 Å². The van der Waals surface area contributed by atoms with Gasteiger partial charge in [-0.1, -0.05) is 18.2 Å². The van der Waals surface area contributed by atoms with Crippen molar-refractivity contribution in [2.75, 3.05) is 6.61 Å². The SMILES string of the molecule is CC(=O)OCCn1c(C)nn(-c2ccccc2)c1=O. The Bertz CT molecular complexity index is 628. The Kier molecular flexibility index (Phi) is 3.79. The quantitative estimate of drug-likeness (QED) is 0.767. The molecule has 0 saturated carbocycles. The molecule has 0 bridgehead atoms. The summed E-state index contributed by atoms with van der Waals surface area (Å²) in [4.78, 5) is 22.9. The van der Waals surface area contributed by atoms with Crippen molar-refractivity contribution in [2.24, 2.45) is 0 Å². The Hall–Kier alpha value is -2.37. The number of para-hydroxylation sites is 1. The first-order chi connectivity index (χ1) is 9.09. The van der Waals surface area contributed by atoms with Crippen LogP contribution < -0.4 is 5.69 Å². The zero-order chi connectivity index (χ0) is 13.8. The van der Waals surface area contributed by atoms with E-state index in [9.17, 15) is 9.59 Å². The number of nitrogens with zero attached hydrogens (tertiary/aromatic N) is 3.